The number of rotatable bonds is 4. The van der Waals surface area contributed by atoms with Crippen LogP contribution >= 0.6 is 12.4 Å². The molecule has 1 rings (SSSR count). The first kappa shape index (κ1) is 15.2. The zero-order valence-electron chi connectivity index (χ0n) is 9.18. The van der Waals surface area contributed by atoms with Gasteiger partial charge in [-0.25, -0.2) is 8.42 Å². The molecule has 0 spiro atoms. The zero-order chi connectivity index (χ0) is 10.6. The van der Waals surface area contributed by atoms with Crippen molar-refractivity contribution in [2.24, 2.45) is 5.73 Å². The summed E-state index contributed by atoms with van der Waals surface area (Å²) in [5.74, 6) is 0.202. The smallest absolute Gasteiger partial charge is 0.214 e. The van der Waals surface area contributed by atoms with Gasteiger partial charge in [0.05, 0.1) is 5.75 Å². The second-order valence-electron chi connectivity index (χ2n) is 3.74. The summed E-state index contributed by atoms with van der Waals surface area (Å²) < 4.78 is 25.1. The first-order chi connectivity index (χ1) is 6.61. The molecular weight excluding hydrogens is 236 g/mol. The standard InChI is InChI=1S/C9H20N2O2S.ClH/c1-2-14(12,13)11-8-4-3-5-9(11)6-7-10;/h9H,2-8,10H2,1H3;1H. The van der Waals surface area contributed by atoms with Gasteiger partial charge < -0.3 is 5.73 Å². The predicted octanol–water partition coefficient (Wildman–Crippen LogP) is 0.961. The number of hydrogen-bond donors (Lipinski definition) is 1. The molecule has 1 saturated heterocycles. The molecule has 1 aliphatic heterocycles. The summed E-state index contributed by atoms with van der Waals surface area (Å²) >= 11 is 0. The Labute approximate surface area is 98.7 Å². The van der Waals surface area contributed by atoms with E-state index in [-0.39, 0.29) is 24.2 Å². The third-order valence-corrected chi connectivity index (χ3v) is 4.72. The maximum absolute atomic E-state index is 11.7. The summed E-state index contributed by atoms with van der Waals surface area (Å²) in [6.45, 7) is 2.95. The lowest BCUT2D eigenvalue weighted by molar-refractivity contribution is 0.243. The summed E-state index contributed by atoms with van der Waals surface area (Å²) in [7, 11) is -3.01. The Morgan fingerprint density at radius 3 is 2.60 bits per heavy atom. The third kappa shape index (κ3) is 3.90. The van der Waals surface area contributed by atoms with E-state index in [0.717, 1.165) is 25.7 Å². The number of sulfonamides is 1. The highest BCUT2D eigenvalue weighted by molar-refractivity contribution is 7.89. The molecule has 4 nitrogen and oxygen atoms in total. The van der Waals surface area contributed by atoms with Crippen molar-refractivity contribution in [1.82, 2.24) is 4.31 Å². The minimum atomic E-state index is -3.01. The SMILES string of the molecule is CCS(=O)(=O)N1CCCCC1CCN.Cl. The maximum Gasteiger partial charge on any atom is 0.214 e. The summed E-state index contributed by atoms with van der Waals surface area (Å²) in [5, 5.41) is 0. The molecule has 1 aliphatic rings. The van der Waals surface area contributed by atoms with Gasteiger partial charge in [0, 0.05) is 12.6 Å². The van der Waals surface area contributed by atoms with Crippen LogP contribution in [0, 0.1) is 0 Å². The average molecular weight is 257 g/mol. The maximum atomic E-state index is 11.7. The second kappa shape index (κ2) is 6.68. The summed E-state index contributed by atoms with van der Waals surface area (Å²) in [4.78, 5) is 0. The highest BCUT2D eigenvalue weighted by Gasteiger charge is 2.30. The minimum Gasteiger partial charge on any atom is -0.330 e. The van der Waals surface area contributed by atoms with Crippen LogP contribution in [0.4, 0.5) is 0 Å². The third-order valence-electron chi connectivity index (χ3n) is 2.80. The van der Waals surface area contributed by atoms with Gasteiger partial charge in [-0.15, -0.1) is 12.4 Å². The van der Waals surface area contributed by atoms with Crippen LogP contribution < -0.4 is 5.73 Å². The van der Waals surface area contributed by atoms with Crippen LogP contribution in [-0.4, -0.2) is 37.6 Å². The zero-order valence-corrected chi connectivity index (χ0v) is 10.8. The van der Waals surface area contributed by atoms with Crippen LogP contribution in [0.5, 0.6) is 0 Å². The Hall–Kier alpha value is 0.160. The van der Waals surface area contributed by atoms with E-state index in [2.05, 4.69) is 0 Å². The number of hydrogen-bond acceptors (Lipinski definition) is 3. The van der Waals surface area contributed by atoms with Crippen LogP contribution in [-0.2, 0) is 10.0 Å². The largest absolute Gasteiger partial charge is 0.330 e. The molecule has 1 heterocycles. The van der Waals surface area contributed by atoms with Gasteiger partial charge in [-0.3, -0.25) is 0 Å². The van der Waals surface area contributed by atoms with E-state index in [4.69, 9.17) is 5.73 Å². The fourth-order valence-corrected chi connectivity index (χ4v) is 3.39. The average Bonchev–Trinajstić information content (AvgIpc) is 2.19. The van der Waals surface area contributed by atoms with Gasteiger partial charge >= 0.3 is 0 Å². The van der Waals surface area contributed by atoms with Crippen molar-refractivity contribution in [2.45, 2.75) is 38.6 Å². The molecule has 0 saturated carbocycles. The molecule has 15 heavy (non-hydrogen) atoms. The molecule has 0 aromatic carbocycles. The van der Waals surface area contributed by atoms with E-state index in [1.165, 1.54) is 0 Å². The van der Waals surface area contributed by atoms with Gasteiger partial charge in [0.25, 0.3) is 0 Å². The molecule has 1 atom stereocenters. The highest BCUT2D eigenvalue weighted by atomic mass is 35.5. The van der Waals surface area contributed by atoms with Crippen LogP contribution in [0.25, 0.3) is 0 Å². The molecule has 0 amide bonds. The van der Waals surface area contributed by atoms with Crippen molar-refractivity contribution in [2.75, 3.05) is 18.8 Å². The Morgan fingerprint density at radius 1 is 1.40 bits per heavy atom. The second-order valence-corrected chi connectivity index (χ2v) is 5.95. The van der Waals surface area contributed by atoms with Crippen LogP contribution in [0.1, 0.15) is 32.6 Å². The van der Waals surface area contributed by atoms with Crippen molar-refractivity contribution in [3.8, 4) is 0 Å². The van der Waals surface area contributed by atoms with Crippen molar-refractivity contribution in [3.05, 3.63) is 0 Å². The van der Waals surface area contributed by atoms with Crippen molar-refractivity contribution < 1.29 is 8.42 Å². The Balaban J connectivity index is 0.00000196. The molecule has 0 aromatic heterocycles. The van der Waals surface area contributed by atoms with Gasteiger partial charge in [-0.1, -0.05) is 6.42 Å². The Bertz CT molecular complexity index is 267. The molecule has 6 heteroatoms. The topological polar surface area (TPSA) is 63.4 Å². The molecule has 1 fully saturated rings. The predicted molar refractivity (Wildman–Crippen MR) is 64.7 cm³/mol. The Kier molecular flexibility index (Phi) is 6.75. The molecule has 2 N–H and O–H groups in total. The number of nitrogens with zero attached hydrogens (tertiary/aromatic N) is 1. The normalized spacial score (nSPS) is 23.5. The van der Waals surface area contributed by atoms with Crippen molar-refractivity contribution in [3.63, 3.8) is 0 Å². The quantitative estimate of drug-likeness (QED) is 0.815. The van der Waals surface area contributed by atoms with Gasteiger partial charge in [0.1, 0.15) is 0 Å². The molecular formula is C9H21ClN2O2S. The van der Waals surface area contributed by atoms with E-state index >= 15 is 0 Å². The van der Waals surface area contributed by atoms with E-state index in [1.807, 2.05) is 0 Å². The number of piperidine rings is 1. The number of nitrogens with two attached hydrogens (primary N) is 1. The first-order valence-corrected chi connectivity index (χ1v) is 6.92. The minimum absolute atomic E-state index is 0. The van der Waals surface area contributed by atoms with Gasteiger partial charge in [-0.2, -0.15) is 4.31 Å². The van der Waals surface area contributed by atoms with Crippen LogP contribution in [0.2, 0.25) is 0 Å². The van der Waals surface area contributed by atoms with E-state index < -0.39 is 10.0 Å². The fraction of sp³-hybridized carbons (Fsp3) is 1.00. The van der Waals surface area contributed by atoms with Crippen molar-refractivity contribution in [1.29, 1.82) is 0 Å². The van der Waals surface area contributed by atoms with Crippen molar-refractivity contribution >= 4 is 22.4 Å². The van der Waals surface area contributed by atoms with E-state index in [1.54, 1.807) is 11.2 Å². The molecule has 92 valence electrons. The molecule has 0 bridgehead atoms. The highest BCUT2D eigenvalue weighted by Crippen LogP contribution is 2.22. The molecule has 0 radical (unpaired) electrons. The van der Waals surface area contributed by atoms with Gasteiger partial charge in [-0.05, 0) is 32.7 Å². The van der Waals surface area contributed by atoms with Crippen LogP contribution in [0.3, 0.4) is 0 Å². The molecule has 0 aromatic rings. The van der Waals surface area contributed by atoms with Gasteiger partial charge in [0.2, 0.25) is 10.0 Å². The van der Waals surface area contributed by atoms with Gasteiger partial charge in [0.15, 0.2) is 0 Å². The lowest BCUT2D eigenvalue weighted by atomic mass is 10.0. The lowest BCUT2D eigenvalue weighted by Gasteiger charge is -2.34. The summed E-state index contributed by atoms with van der Waals surface area (Å²) in [6.07, 6.45) is 3.87. The first-order valence-electron chi connectivity index (χ1n) is 5.31. The van der Waals surface area contributed by atoms with Crippen LogP contribution in [0.15, 0.2) is 0 Å². The Morgan fingerprint density at radius 2 is 2.07 bits per heavy atom. The number of halogens is 1. The molecule has 0 aliphatic carbocycles. The van der Waals surface area contributed by atoms with E-state index in [9.17, 15) is 8.42 Å². The molecule has 1 unspecified atom stereocenters. The summed E-state index contributed by atoms with van der Waals surface area (Å²) in [6, 6.07) is 0.152. The monoisotopic (exact) mass is 256 g/mol. The lowest BCUT2D eigenvalue weighted by Crippen LogP contribution is -2.45. The fourth-order valence-electron chi connectivity index (χ4n) is 1.99. The van der Waals surface area contributed by atoms with E-state index in [0.29, 0.717) is 13.1 Å². The summed E-state index contributed by atoms with van der Waals surface area (Å²) in [5.41, 5.74) is 5.48.